The molecule has 1 aliphatic carbocycles. The number of anilines is 1. The Balaban J connectivity index is 1.33. The van der Waals surface area contributed by atoms with Gasteiger partial charge in [-0.25, -0.2) is 4.98 Å². The lowest BCUT2D eigenvalue weighted by Gasteiger charge is -2.33. The third kappa shape index (κ3) is 3.13. The highest BCUT2D eigenvalue weighted by atomic mass is 16.1. The second kappa shape index (κ2) is 7.07. The smallest absolute Gasteiger partial charge is 0.252 e. The van der Waals surface area contributed by atoms with E-state index in [1.807, 2.05) is 30.3 Å². The number of benzene rings is 1. The zero-order valence-corrected chi connectivity index (χ0v) is 17.0. The lowest BCUT2D eigenvalue weighted by Crippen LogP contribution is -2.36. The molecule has 154 valence electrons. The van der Waals surface area contributed by atoms with E-state index >= 15 is 0 Å². The van der Waals surface area contributed by atoms with Gasteiger partial charge in [0.05, 0.1) is 11.1 Å². The van der Waals surface area contributed by atoms with E-state index in [1.54, 1.807) is 0 Å². The van der Waals surface area contributed by atoms with E-state index in [2.05, 4.69) is 25.0 Å². The van der Waals surface area contributed by atoms with E-state index < -0.39 is 0 Å². The van der Waals surface area contributed by atoms with Crippen LogP contribution in [-0.4, -0.2) is 44.8 Å². The number of piperidine rings is 1. The molecule has 1 amide bonds. The summed E-state index contributed by atoms with van der Waals surface area (Å²) in [6, 6.07) is 10.3. The van der Waals surface area contributed by atoms with Gasteiger partial charge in [0.2, 0.25) is 0 Å². The molecule has 30 heavy (non-hydrogen) atoms. The van der Waals surface area contributed by atoms with Crippen LogP contribution in [0.5, 0.6) is 0 Å². The number of nitrogens with zero attached hydrogens (tertiary/aromatic N) is 5. The van der Waals surface area contributed by atoms with Crippen molar-refractivity contribution in [1.29, 1.82) is 0 Å². The first kappa shape index (κ1) is 17.9. The molecule has 3 aromatic rings. The minimum Gasteiger partial charge on any atom is -0.356 e. The molecule has 1 saturated carbocycles. The maximum absolute atomic E-state index is 12.9. The van der Waals surface area contributed by atoms with E-state index in [9.17, 15) is 4.79 Å². The van der Waals surface area contributed by atoms with Gasteiger partial charge in [-0.15, -0.1) is 10.2 Å². The Hall–Kier alpha value is -2.96. The number of fused-ring (bicyclic) bond motifs is 2. The van der Waals surface area contributed by atoms with E-state index in [-0.39, 0.29) is 5.91 Å². The van der Waals surface area contributed by atoms with Gasteiger partial charge in [-0.1, -0.05) is 18.2 Å². The molecule has 2 aromatic heterocycles. The fourth-order valence-electron chi connectivity index (χ4n) is 4.87. The fraction of sp³-hybridized carbons (Fsp3) is 0.478. The maximum atomic E-state index is 12.9. The second-order valence-corrected chi connectivity index (χ2v) is 8.81. The summed E-state index contributed by atoms with van der Waals surface area (Å²) in [5, 5.41) is 13.0. The summed E-state index contributed by atoms with van der Waals surface area (Å²) in [6.07, 6.45) is 6.58. The zero-order valence-electron chi connectivity index (χ0n) is 17.0. The number of nitrogens with one attached hydrogen (secondary N) is 1. The van der Waals surface area contributed by atoms with Crippen LogP contribution in [0.25, 0.3) is 10.9 Å². The summed E-state index contributed by atoms with van der Waals surface area (Å²) >= 11 is 0. The SMILES string of the molecule is O=C(NC1CC1)c1cc(N2CCCC(c3nnc4n3CCC4)C2)nc2ccccc12. The van der Waals surface area contributed by atoms with Crippen LogP contribution in [0.3, 0.4) is 0 Å². The molecule has 1 atom stereocenters. The monoisotopic (exact) mass is 402 g/mol. The number of pyridine rings is 1. The van der Waals surface area contributed by atoms with Crippen LogP contribution in [-0.2, 0) is 13.0 Å². The number of hydrogen-bond acceptors (Lipinski definition) is 5. The molecule has 0 spiro atoms. The Labute approximate surface area is 175 Å². The van der Waals surface area contributed by atoms with Crippen molar-refractivity contribution >= 4 is 22.6 Å². The molecule has 1 aromatic carbocycles. The summed E-state index contributed by atoms with van der Waals surface area (Å²) in [6.45, 7) is 2.85. The average molecular weight is 403 g/mol. The van der Waals surface area contributed by atoms with Gasteiger partial charge in [-0.3, -0.25) is 4.79 Å². The first-order valence-corrected chi connectivity index (χ1v) is 11.1. The highest BCUT2D eigenvalue weighted by Crippen LogP contribution is 2.32. The lowest BCUT2D eigenvalue weighted by molar-refractivity contribution is 0.0952. The van der Waals surface area contributed by atoms with Crippen molar-refractivity contribution in [2.45, 2.75) is 57.0 Å². The van der Waals surface area contributed by atoms with Crippen LogP contribution in [0.4, 0.5) is 5.82 Å². The molecule has 3 aliphatic rings. The van der Waals surface area contributed by atoms with Crippen molar-refractivity contribution in [3.05, 3.63) is 47.5 Å². The number of aromatic nitrogens is 4. The molecular formula is C23H26N6O. The van der Waals surface area contributed by atoms with Crippen LogP contribution < -0.4 is 10.2 Å². The summed E-state index contributed by atoms with van der Waals surface area (Å²) in [5.41, 5.74) is 1.61. The standard InChI is InChI=1S/C23H26N6O/c30-23(24-16-9-10-16)18-13-21(25-19-7-2-1-6-17(18)19)28-11-3-5-15(14-28)22-27-26-20-8-4-12-29(20)22/h1-2,6-7,13,15-16H,3-5,8-12,14H2,(H,24,30). The van der Waals surface area contributed by atoms with Crippen molar-refractivity contribution < 1.29 is 4.79 Å². The molecule has 4 heterocycles. The maximum Gasteiger partial charge on any atom is 0.252 e. The number of hydrogen-bond donors (Lipinski definition) is 1. The molecule has 6 rings (SSSR count). The van der Waals surface area contributed by atoms with Crippen LogP contribution >= 0.6 is 0 Å². The summed E-state index contributed by atoms with van der Waals surface area (Å²) < 4.78 is 2.32. The van der Waals surface area contributed by atoms with E-state index in [0.717, 1.165) is 85.7 Å². The first-order chi connectivity index (χ1) is 14.8. The zero-order chi connectivity index (χ0) is 20.1. The van der Waals surface area contributed by atoms with Gasteiger partial charge in [0.15, 0.2) is 0 Å². The van der Waals surface area contributed by atoms with Crippen LogP contribution in [0.1, 0.15) is 60.0 Å². The summed E-state index contributed by atoms with van der Waals surface area (Å²) in [5.74, 6) is 3.52. The number of para-hydroxylation sites is 1. The van der Waals surface area contributed by atoms with Gasteiger partial charge in [-0.2, -0.15) is 0 Å². The Bertz CT molecular complexity index is 1120. The molecule has 1 N–H and O–H groups in total. The van der Waals surface area contributed by atoms with E-state index in [0.29, 0.717) is 12.0 Å². The number of carbonyl (C=O) groups is 1. The number of carbonyl (C=O) groups excluding carboxylic acids is 1. The molecule has 0 bridgehead atoms. The Morgan fingerprint density at radius 3 is 2.87 bits per heavy atom. The van der Waals surface area contributed by atoms with Crippen molar-refractivity contribution in [3.8, 4) is 0 Å². The van der Waals surface area contributed by atoms with Gasteiger partial charge in [0.1, 0.15) is 17.5 Å². The first-order valence-electron chi connectivity index (χ1n) is 11.1. The Morgan fingerprint density at radius 2 is 1.97 bits per heavy atom. The van der Waals surface area contributed by atoms with Crippen LogP contribution in [0.2, 0.25) is 0 Å². The molecule has 7 heteroatoms. The molecule has 1 saturated heterocycles. The van der Waals surface area contributed by atoms with Gasteiger partial charge in [0, 0.05) is 43.4 Å². The molecular weight excluding hydrogens is 376 g/mol. The molecule has 2 aliphatic heterocycles. The Morgan fingerprint density at radius 1 is 1.07 bits per heavy atom. The normalized spacial score (nSPS) is 21.1. The fourth-order valence-corrected chi connectivity index (χ4v) is 4.87. The van der Waals surface area contributed by atoms with Crippen molar-refractivity contribution in [2.24, 2.45) is 0 Å². The average Bonchev–Trinajstić information content (AvgIpc) is 3.31. The van der Waals surface area contributed by atoms with Crippen molar-refractivity contribution in [2.75, 3.05) is 18.0 Å². The summed E-state index contributed by atoms with van der Waals surface area (Å²) in [4.78, 5) is 20.2. The molecule has 7 nitrogen and oxygen atoms in total. The van der Waals surface area contributed by atoms with Gasteiger partial charge in [-0.05, 0) is 44.2 Å². The third-order valence-electron chi connectivity index (χ3n) is 6.61. The lowest BCUT2D eigenvalue weighted by atomic mass is 9.96. The molecule has 2 fully saturated rings. The van der Waals surface area contributed by atoms with Crippen LogP contribution in [0.15, 0.2) is 30.3 Å². The van der Waals surface area contributed by atoms with Crippen LogP contribution in [0, 0.1) is 0 Å². The highest BCUT2D eigenvalue weighted by molar-refractivity contribution is 6.07. The number of amides is 1. The van der Waals surface area contributed by atoms with Crippen molar-refractivity contribution in [3.63, 3.8) is 0 Å². The predicted octanol–water partition coefficient (Wildman–Crippen LogP) is 3.05. The minimum atomic E-state index is 0.0150. The quantitative estimate of drug-likeness (QED) is 0.726. The number of aryl methyl sites for hydroxylation is 1. The number of rotatable bonds is 4. The summed E-state index contributed by atoms with van der Waals surface area (Å²) in [7, 11) is 0. The molecule has 0 radical (unpaired) electrons. The second-order valence-electron chi connectivity index (χ2n) is 8.81. The Kier molecular flexibility index (Phi) is 4.21. The van der Waals surface area contributed by atoms with E-state index in [1.165, 1.54) is 6.42 Å². The van der Waals surface area contributed by atoms with Gasteiger partial charge in [0.25, 0.3) is 5.91 Å². The van der Waals surface area contributed by atoms with Crippen molar-refractivity contribution in [1.82, 2.24) is 25.1 Å². The predicted molar refractivity (Wildman–Crippen MR) is 115 cm³/mol. The van der Waals surface area contributed by atoms with Gasteiger partial charge >= 0.3 is 0 Å². The third-order valence-corrected chi connectivity index (χ3v) is 6.61. The molecule has 1 unspecified atom stereocenters. The highest BCUT2D eigenvalue weighted by Gasteiger charge is 2.30. The minimum absolute atomic E-state index is 0.0150. The van der Waals surface area contributed by atoms with E-state index in [4.69, 9.17) is 4.98 Å². The van der Waals surface area contributed by atoms with Gasteiger partial charge < -0.3 is 14.8 Å². The largest absolute Gasteiger partial charge is 0.356 e. The topological polar surface area (TPSA) is 75.9 Å².